The summed E-state index contributed by atoms with van der Waals surface area (Å²) in [6.07, 6.45) is 3.43. The van der Waals surface area contributed by atoms with Crippen molar-refractivity contribution < 1.29 is 14.3 Å². The summed E-state index contributed by atoms with van der Waals surface area (Å²) in [5, 5.41) is 8.74. The fourth-order valence-corrected chi connectivity index (χ4v) is 5.49. The van der Waals surface area contributed by atoms with Crippen LogP contribution in [0.2, 0.25) is 0 Å². The summed E-state index contributed by atoms with van der Waals surface area (Å²) in [6.45, 7) is 6.08. The summed E-state index contributed by atoms with van der Waals surface area (Å²) in [4.78, 5) is 19.6. The van der Waals surface area contributed by atoms with Gasteiger partial charge in [-0.05, 0) is 60.6 Å². The van der Waals surface area contributed by atoms with Crippen LogP contribution in [0.5, 0.6) is 11.5 Å². The second-order valence-electron chi connectivity index (χ2n) is 10.2. The van der Waals surface area contributed by atoms with Gasteiger partial charge in [0.25, 0.3) is 5.91 Å². The molecule has 4 heterocycles. The van der Waals surface area contributed by atoms with Crippen molar-refractivity contribution in [3.8, 4) is 11.5 Å². The molecular weight excluding hydrogens is 466 g/mol. The maximum Gasteiger partial charge on any atom is 0.274 e. The molecule has 8 nitrogen and oxygen atoms in total. The number of rotatable bonds is 6. The Bertz CT molecular complexity index is 1200. The molecule has 0 radical (unpaired) electrons. The number of carbonyl (C=O) groups excluding carboxylic acids is 1. The van der Waals surface area contributed by atoms with Crippen molar-refractivity contribution in [2.75, 3.05) is 51.0 Å². The Hall–Kier alpha value is -3.65. The molecule has 0 atom stereocenters. The molecule has 1 aromatic heterocycles. The molecular formula is C29H33N5O3. The van der Waals surface area contributed by atoms with E-state index in [4.69, 9.17) is 9.47 Å². The van der Waals surface area contributed by atoms with Crippen molar-refractivity contribution in [1.82, 2.24) is 20.0 Å². The highest BCUT2D eigenvalue weighted by molar-refractivity contribution is 5.92. The van der Waals surface area contributed by atoms with Gasteiger partial charge in [0.2, 0.25) is 6.79 Å². The molecule has 0 saturated carbocycles. The largest absolute Gasteiger partial charge is 0.454 e. The van der Waals surface area contributed by atoms with Gasteiger partial charge in [0.15, 0.2) is 23.0 Å². The van der Waals surface area contributed by atoms with E-state index in [9.17, 15) is 4.79 Å². The zero-order chi connectivity index (χ0) is 25.0. The number of ether oxygens (including phenoxy) is 2. The van der Waals surface area contributed by atoms with Crippen molar-refractivity contribution in [3.05, 3.63) is 77.5 Å². The molecule has 2 saturated heterocycles. The molecule has 8 heteroatoms. The van der Waals surface area contributed by atoms with E-state index >= 15 is 0 Å². The van der Waals surface area contributed by atoms with Crippen molar-refractivity contribution in [2.24, 2.45) is 5.92 Å². The minimum absolute atomic E-state index is 0.0386. The number of aromatic nitrogens is 2. The summed E-state index contributed by atoms with van der Waals surface area (Å²) < 4.78 is 10.9. The topological polar surface area (TPSA) is 71.0 Å². The predicted molar refractivity (Wildman–Crippen MR) is 141 cm³/mol. The number of carbonyl (C=O) groups is 1. The number of benzene rings is 2. The summed E-state index contributed by atoms with van der Waals surface area (Å²) in [5.74, 6) is 3.14. The van der Waals surface area contributed by atoms with E-state index in [2.05, 4.69) is 56.4 Å². The molecule has 37 heavy (non-hydrogen) atoms. The first-order chi connectivity index (χ1) is 18.2. The highest BCUT2D eigenvalue weighted by Gasteiger charge is 2.25. The molecule has 0 N–H and O–H groups in total. The Kier molecular flexibility index (Phi) is 6.90. The quantitative estimate of drug-likeness (QED) is 0.513. The van der Waals surface area contributed by atoms with Gasteiger partial charge in [-0.25, -0.2) is 0 Å². The van der Waals surface area contributed by atoms with E-state index < -0.39 is 0 Å². The standard InChI is InChI=1S/C29H33N5O3/c35-29(34-16-14-32(15-17-34)20-24-6-8-26-27(19-24)37-21-36-26)25-7-9-28(31-30-25)33-12-10-23(11-13-33)18-22-4-2-1-3-5-22/h1-9,19,23H,10-18,20-21H2. The minimum Gasteiger partial charge on any atom is -0.454 e. The lowest BCUT2D eigenvalue weighted by atomic mass is 9.90. The monoisotopic (exact) mass is 499 g/mol. The van der Waals surface area contributed by atoms with Crippen LogP contribution < -0.4 is 14.4 Å². The van der Waals surface area contributed by atoms with E-state index in [-0.39, 0.29) is 12.7 Å². The minimum atomic E-state index is -0.0386. The Labute approximate surface area is 217 Å². The molecule has 6 rings (SSSR count). The van der Waals surface area contributed by atoms with Gasteiger partial charge in [-0.15, -0.1) is 10.2 Å². The first-order valence-electron chi connectivity index (χ1n) is 13.2. The maximum absolute atomic E-state index is 13.1. The van der Waals surface area contributed by atoms with Gasteiger partial charge in [0.05, 0.1) is 0 Å². The van der Waals surface area contributed by atoms with Crippen LogP contribution in [0, 0.1) is 5.92 Å². The van der Waals surface area contributed by atoms with Crippen LogP contribution in [-0.4, -0.2) is 72.0 Å². The third-order valence-corrected chi connectivity index (χ3v) is 7.68. The van der Waals surface area contributed by atoms with E-state index in [0.29, 0.717) is 24.7 Å². The number of fused-ring (bicyclic) bond motifs is 1. The first-order valence-corrected chi connectivity index (χ1v) is 13.2. The van der Waals surface area contributed by atoms with E-state index in [1.807, 2.05) is 29.2 Å². The lowest BCUT2D eigenvalue weighted by Crippen LogP contribution is -2.48. The average molecular weight is 500 g/mol. The van der Waals surface area contributed by atoms with Crippen molar-refractivity contribution in [1.29, 1.82) is 0 Å². The SMILES string of the molecule is O=C(c1ccc(N2CCC(Cc3ccccc3)CC2)nn1)N1CCN(Cc2ccc3c(c2)OCO3)CC1. The van der Waals surface area contributed by atoms with Crippen LogP contribution in [0.15, 0.2) is 60.7 Å². The van der Waals surface area contributed by atoms with Crippen LogP contribution in [-0.2, 0) is 13.0 Å². The number of hydrogen-bond donors (Lipinski definition) is 0. The second kappa shape index (κ2) is 10.8. The second-order valence-corrected chi connectivity index (χ2v) is 10.2. The van der Waals surface area contributed by atoms with Gasteiger partial charge < -0.3 is 19.3 Å². The number of nitrogens with zero attached hydrogens (tertiary/aromatic N) is 5. The third-order valence-electron chi connectivity index (χ3n) is 7.68. The summed E-state index contributed by atoms with van der Waals surface area (Å²) in [6, 6.07) is 20.6. The van der Waals surface area contributed by atoms with Gasteiger partial charge in [-0.2, -0.15) is 0 Å². The molecule has 3 aromatic rings. The number of piperazine rings is 1. The summed E-state index contributed by atoms with van der Waals surface area (Å²) >= 11 is 0. The normalized spacial score (nSPS) is 18.3. The van der Waals surface area contributed by atoms with E-state index in [1.165, 1.54) is 11.1 Å². The van der Waals surface area contributed by atoms with Gasteiger partial charge in [-0.1, -0.05) is 36.4 Å². The number of amides is 1. The van der Waals surface area contributed by atoms with E-state index in [0.717, 1.165) is 69.3 Å². The first kappa shape index (κ1) is 23.7. The van der Waals surface area contributed by atoms with Crippen molar-refractivity contribution >= 4 is 11.7 Å². The summed E-state index contributed by atoms with van der Waals surface area (Å²) in [7, 11) is 0. The number of hydrogen-bond acceptors (Lipinski definition) is 7. The van der Waals surface area contributed by atoms with Crippen LogP contribution in [0.3, 0.4) is 0 Å². The Balaban J connectivity index is 0.975. The van der Waals surface area contributed by atoms with Crippen molar-refractivity contribution in [3.63, 3.8) is 0 Å². The third kappa shape index (κ3) is 5.54. The van der Waals surface area contributed by atoms with Crippen LogP contribution in [0.25, 0.3) is 0 Å². The molecule has 0 unspecified atom stereocenters. The zero-order valence-corrected chi connectivity index (χ0v) is 21.1. The molecule has 2 aromatic carbocycles. The Morgan fingerprint density at radius 1 is 0.811 bits per heavy atom. The van der Waals surface area contributed by atoms with E-state index in [1.54, 1.807) is 0 Å². The van der Waals surface area contributed by atoms with Crippen LogP contribution in [0.4, 0.5) is 5.82 Å². The van der Waals surface area contributed by atoms with Gasteiger partial charge in [-0.3, -0.25) is 9.69 Å². The average Bonchev–Trinajstić information content (AvgIpc) is 3.42. The number of anilines is 1. The Morgan fingerprint density at radius 3 is 2.35 bits per heavy atom. The van der Waals surface area contributed by atoms with Gasteiger partial charge in [0, 0.05) is 45.8 Å². The van der Waals surface area contributed by atoms with Gasteiger partial charge in [0.1, 0.15) is 0 Å². The molecule has 0 spiro atoms. The maximum atomic E-state index is 13.1. The molecule has 0 bridgehead atoms. The van der Waals surface area contributed by atoms with Crippen LogP contribution >= 0.6 is 0 Å². The van der Waals surface area contributed by atoms with Crippen molar-refractivity contribution in [2.45, 2.75) is 25.8 Å². The predicted octanol–water partition coefficient (Wildman–Crippen LogP) is 3.62. The molecule has 192 valence electrons. The lowest BCUT2D eigenvalue weighted by molar-refractivity contribution is 0.0621. The Morgan fingerprint density at radius 2 is 1.59 bits per heavy atom. The number of piperidine rings is 1. The highest BCUT2D eigenvalue weighted by Crippen LogP contribution is 2.33. The zero-order valence-electron chi connectivity index (χ0n) is 21.1. The lowest BCUT2D eigenvalue weighted by Gasteiger charge is -2.34. The fraction of sp³-hybridized carbons (Fsp3) is 0.414. The summed E-state index contributed by atoms with van der Waals surface area (Å²) in [5.41, 5.74) is 3.03. The molecule has 3 aliphatic heterocycles. The molecule has 1 amide bonds. The molecule has 3 aliphatic rings. The molecule has 2 fully saturated rings. The fourth-order valence-electron chi connectivity index (χ4n) is 5.49. The smallest absolute Gasteiger partial charge is 0.274 e. The molecule has 0 aliphatic carbocycles. The van der Waals surface area contributed by atoms with Crippen LogP contribution in [0.1, 0.15) is 34.5 Å². The highest BCUT2D eigenvalue weighted by atomic mass is 16.7. The van der Waals surface area contributed by atoms with Gasteiger partial charge >= 0.3 is 0 Å².